The van der Waals surface area contributed by atoms with Gasteiger partial charge in [-0.15, -0.1) is 0 Å². The molecule has 0 unspecified atom stereocenters. The minimum Gasteiger partial charge on any atom is -0.478 e. The number of fused-ring (bicyclic) bond motifs is 1. The van der Waals surface area contributed by atoms with Crippen molar-refractivity contribution in [1.29, 1.82) is 0 Å². The lowest BCUT2D eigenvalue weighted by Crippen LogP contribution is -1.99. The van der Waals surface area contributed by atoms with Crippen molar-refractivity contribution in [3.05, 3.63) is 23.3 Å². The average molecular weight is 222 g/mol. The summed E-state index contributed by atoms with van der Waals surface area (Å²) in [5.41, 5.74) is 1.80. The fourth-order valence-corrected chi connectivity index (χ4v) is 2.34. The first-order valence-electron chi connectivity index (χ1n) is 4.44. The molecule has 1 aromatic carbocycles. The zero-order chi connectivity index (χ0) is 11.0. The first-order valence-corrected chi connectivity index (χ1v) is 5.26. The summed E-state index contributed by atoms with van der Waals surface area (Å²) in [4.78, 5) is 15.2. The maximum Gasteiger partial charge on any atom is 0.336 e. The number of rotatable bonds is 2. The van der Waals surface area contributed by atoms with E-state index in [9.17, 15) is 4.79 Å². The zero-order valence-electron chi connectivity index (χ0n) is 8.37. The van der Waals surface area contributed by atoms with E-state index in [0.717, 1.165) is 20.9 Å². The van der Waals surface area contributed by atoms with Gasteiger partial charge in [0.1, 0.15) is 0 Å². The quantitative estimate of drug-likeness (QED) is 0.818. The highest BCUT2D eigenvalue weighted by molar-refractivity contribution is 7.22. The number of aromatic carboxylic acids is 1. The fraction of sp³-hybridized carbons (Fsp3) is 0.200. The third kappa shape index (κ3) is 1.55. The molecule has 4 nitrogen and oxygen atoms in total. The van der Waals surface area contributed by atoms with Crippen LogP contribution >= 0.6 is 11.3 Å². The van der Waals surface area contributed by atoms with Crippen molar-refractivity contribution in [3.63, 3.8) is 0 Å². The molecular weight excluding hydrogens is 212 g/mol. The first-order chi connectivity index (χ1) is 7.13. The lowest BCUT2D eigenvalue weighted by molar-refractivity contribution is 0.0696. The molecule has 0 saturated heterocycles. The van der Waals surface area contributed by atoms with Crippen molar-refractivity contribution < 1.29 is 9.90 Å². The van der Waals surface area contributed by atoms with Gasteiger partial charge in [-0.25, -0.2) is 9.78 Å². The van der Waals surface area contributed by atoms with Gasteiger partial charge in [-0.3, -0.25) is 0 Å². The van der Waals surface area contributed by atoms with Crippen molar-refractivity contribution in [1.82, 2.24) is 4.98 Å². The summed E-state index contributed by atoms with van der Waals surface area (Å²) in [5, 5.41) is 12.7. The fourth-order valence-electron chi connectivity index (χ4n) is 1.46. The summed E-state index contributed by atoms with van der Waals surface area (Å²) in [6.07, 6.45) is 0. The number of carbonyl (C=O) groups is 1. The lowest BCUT2D eigenvalue weighted by atomic mass is 10.1. The Bertz CT molecular complexity index is 533. The number of aromatic nitrogens is 1. The molecule has 2 rings (SSSR count). The second-order valence-electron chi connectivity index (χ2n) is 3.16. The molecule has 0 radical (unpaired) electrons. The number of benzene rings is 1. The smallest absolute Gasteiger partial charge is 0.336 e. The molecule has 0 atom stereocenters. The number of carboxylic acids is 1. The first kappa shape index (κ1) is 9.92. The average Bonchev–Trinajstić information content (AvgIpc) is 2.61. The van der Waals surface area contributed by atoms with Crippen LogP contribution in [-0.2, 0) is 0 Å². The summed E-state index contributed by atoms with van der Waals surface area (Å²) in [7, 11) is 1.80. The van der Waals surface area contributed by atoms with Crippen LogP contribution in [-0.4, -0.2) is 23.1 Å². The van der Waals surface area contributed by atoms with Crippen molar-refractivity contribution in [2.45, 2.75) is 6.92 Å². The second kappa shape index (κ2) is 3.51. The van der Waals surface area contributed by atoms with E-state index in [1.807, 2.05) is 0 Å². The topological polar surface area (TPSA) is 62.2 Å². The van der Waals surface area contributed by atoms with Gasteiger partial charge in [0.05, 0.1) is 15.8 Å². The van der Waals surface area contributed by atoms with Crippen LogP contribution in [0.5, 0.6) is 0 Å². The highest BCUT2D eigenvalue weighted by atomic mass is 32.1. The van der Waals surface area contributed by atoms with Crippen LogP contribution in [0.15, 0.2) is 12.1 Å². The molecule has 78 valence electrons. The van der Waals surface area contributed by atoms with Gasteiger partial charge in [0.15, 0.2) is 5.13 Å². The summed E-state index contributed by atoms with van der Waals surface area (Å²) >= 11 is 1.52. The van der Waals surface area contributed by atoms with Gasteiger partial charge in [0.25, 0.3) is 0 Å². The number of nitrogens with one attached hydrogen (secondary N) is 1. The third-order valence-electron chi connectivity index (χ3n) is 2.26. The van der Waals surface area contributed by atoms with E-state index in [-0.39, 0.29) is 0 Å². The Morgan fingerprint density at radius 2 is 2.27 bits per heavy atom. The van der Waals surface area contributed by atoms with E-state index < -0.39 is 5.97 Å². The predicted octanol–water partition coefficient (Wildman–Crippen LogP) is 2.34. The molecule has 0 aliphatic rings. The molecule has 0 fully saturated rings. The molecule has 0 saturated carbocycles. The number of hydrogen-bond donors (Lipinski definition) is 2. The molecular formula is C10H10N2O2S. The molecule has 1 aromatic heterocycles. The van der Waals surface area contributed by atoms with Crippen LogP contribution in [0.4, 0.5) is 5.13 Å². The standard InChI is InChI=1S/C10H10N2O2S/c1-5-6(9(13)14)3-4-7-8(5)12-10(11-2)15-7/h3-4H,1-2H3,(H,11,12)(H,13,14). The van der Waals surface area contributed by atoms with Crippen molar-refractivity contribution in [2.75, 3.05) is 12.4 Å². The molecule has 0 aliphatic carbocycles. The van der Waals surface area contributed by atoms with E-state index in [2.05, 4.69) is 10.3 Å². The minimum atomic E-state index is -0.909. The largest absolute Gasteiger partial charge is 0.478 e. The maximum absolute atomic E-state index is 10.9. The number of thiazole rings is 1. The summed E-state index contributed by atoms with van der Waals surface area (Å²) in [6.45, 7) is 1.78. The van der Waals surface area contributed by atoms with E-state index >= 15 is 0 Å². The Hall–Kier alpha value is -1.62. The van der Waals surface area contributed by atoms with Crippen LogP contribution < -0.4 is 5.32 Å². The highest BCUT2D eigenvalue weighted by Crippen LogP contribution is 2.29. The van der Waals surface area contributed by atoms with Crippen LogP contribution in [0.2, 0.25) is 0 Å². The van der Waals surface area contributed by atoms with E-state index in [1.54, 1.807) is 26.1 Å². The highest BCUT2D eigenvalue weighted by Gasteiger charge is 2.12. The lowest BCUT2D eigenvalue weighted by Gasteiger charge is -1.99. The number of carboxylic acid groups (broad SMARTS) is 1. The summed E-state index contributed by atoms with van der Waals surface area (Å²) < 4.78 is 1.00. The van der Waals surface area contributed by atoms with Gasteiger partial charge < -0.3 is 10.4 Å². The van der Waals surface area contributed by atoms with Gasteiger partial charge in [0.2, 0.25) is 0 Å². The Morgan fingerprint density at radius 3 is 2.87 bits per heavy atom. The zero-order valence-corrected chi connectivity index (χ0v) is 9.18. The normalized spacial score (nSPS) is 10.5. The van der Waals surface area contributed by atoms with Crippen molar-refractivity contribution in [3.8, 4) is 0 Å². The Kier molecular flexibility index (Phi) is 2.32. The van der Waals surface area contributed by atoms with Crippen LogP contribution in [0.3, 0.4) is 0 Å². The van der Waals surface area contributed by atoms with Gasteiger partial charge in [-0.05, 0) is 24.6 Å². The molecule has 2 aromatic rings. The molecule has 0 bridgehead atoms. The van der Waals surface area contributed by atoms with Crippen LogP contribution in [0.1, 0.15) is 15.9 Å². The minimum absolute atomic E-state index is 0.315. The maximum atomic E-state index is 10.9. The van der Waals surface area contributed by atoms with Crippen LogP contribution in [0.25, 0.3) is 10.2 Å². The third-order valence-corrected chi connectivity index (χ3v) is 3.30. The van der Waals surface area contributed by atoms with Crippen molar-refractivity contribution >= 4 is 32.7 Å². The number of aryl methyl sites for hydroxylation is 1. The molecule has 1 heterocycles. The number of anilines is 1. The monoisotopic (exact) mass is 222 g/mol. The van der Waals surface area contributed by atoms with Gasteiger partial charge in [0, 0.05) is 7.05 Å². The second-order valence-corrected chi connectivity index (χ2v) is 4.19. The SMILES string of the molecule is CNc1nc2c(C)c(C(=O)O)ccc2s1. The predicted molar refractivity (Wildman–Crippen MR) is 60.9 cm³/mol. The van der Waals surface area contributed by atoms with Crippen molar-refractivity contribution in [2.24, 2.45) is 0 Å². The molecule has 0 spiro atoms. The Balaban J connectivity index is 2.72. The Labute approximate surface area is 90.6 Å². The summed E-state index contributed by atoms with van der Waals surface area (Å²) in [5.74, 6) is -0.909. The molecule has 0 aliphatic heterocycles. The molecule has 0 amide bonds. The number of nitrogens with zero attached hydrogens (tertiary/aromatic N) is 1. The van der Waals surface area contributed by atoms with E-state index in [4.69, 9.17) is 5.11 Å². The summed E-state index contributed by atoms with van der Waals surface area (Å²) in [6, 6.07) is 3.42. The van der Waals surface area contributed by atoms with Gasteiger partial charge in [-0.2, -0.15) is 0 Å². The van der Waals surface area contributed by atoms with E-state index in [0.29, 0.717) is 5.56 Å². The van der Waals surface area contributed by atoms with Gasteiger partial charge >= 0.3 is 5.97 Å². The molecule has 5 heteroatoms. The molecule has 15 heavy (non-hydrogen) atoms. The van der Waals surface area contributed by atoms with Crippen LogP contribution in [0, 0.1) is 6.92 Å². The number of hydrogen-bond acceptors (Lipinski definition) is 4. The van der Waals surface area contributed by atoms with Gasteiger partial charge in [-0.1, -0.05) is 11.3 Å². The Morgan fingerprint density at radius 1 is 1.53 bits per heavy atom. The van der Waals surface area contributed by atoms with E-state index in [1.165, 1.54) is 11.3 Å². The molecule has 2 N–H and O–H groups in total.